The molecule has 1 N–H and O–H groups in total. The number of benzene rings is 1. The van der Waals surface area contributed by atoms with Crippen molar-refractivity contribution < 1.29 is 9.59 Å². The Morgan fingerprint density at radius 1 is 1.07 bits per heavy atom. The summed E-state index contributed by atoms with van der Waals surface area (Å²) in [5, 5.41) is 2.93. The van der Waals surface area contributed by atoms with Gasteiger partial charge in [0.05, 0.1) is 11.0 Å². The van der Waals surface area contributed by atoms with Crippen LogP contribution in [0, 0.1) is 0 Å². The minimum Gasteiger partial charge on any atom is -0.356 e. The molecule has 0 aliphatic heterocycles. The lowest BCUT2D eigenvalue weighted by Crippen LogP contribution is -2.35. The van der Waals surface area contributed by atoms with Gasteiger partial charge in [-0.2, -0.15) is 0 Å². The Labute approximate surface area is 161 Å². The van der Waals surface area contributed by atoms with Crippen LogP contribution in [0.3, 0.4) is 0 Å². The summed E-state index contributed by atoms with van der Waals surface area (Å²) in [5.74, 6) is 1.03. The monoisotopic (exact) mass is 372 g/mol. The highest BCUT2D eigenvalue weighted by atomic mass is 16.2. The molecule has 0 fully saturated rings. The molecule has 0 atom stereocenters. The number of imidazole rings is 1. The number of aromatic nitrogens is 2. The van der Waals surface area contributed by atoms with Crippen LogP contribution in [0.4, 0.5) is 0 Å². The van der Waals surface area contributed by atoms with Gasteiger partial charge in [-0.05, 0) is 31.4 Å². The minimum atomic E-state index is 0.0632. The minimum absolute atomic E-state index is 0.0632. The third kappa shape index (κ3) is 5.81. The van der Waals surface area contributed by atoms with Crippen molar-refractivity contribution in [3.8, 4) is 0 Å². The number of amides is 2. The molecule has 0 unspecified atom stereocenters. The summed E-state index contributed by atoms with van der Waals surface area (Å²) in [5.41, 5.74) is 1.85. The number of nitrogens with zero attached hydrogens (tertiary/aromatic N) is 3. The number of carbonyl (C=O) groups is 2. The largest absolute Gasteiger partial charge is 0.356 e. The lowest BCUT2D eigenvalue weighted by Gasteiger charge is -2.22. The van der Waals surface area contributed by atoms with Crippen LogP contribution >= 0.6 is 0 Å². The maximum Gasteiger partial charge on any atom is 0.242 e. The molecule has 1 aromatic heterocycles. The highest BCUT2D eigenvalue weighted by molar-refractivity contribution is 5.81. The van der Waals surface area contributed by atoms with Crippen molar-refractivity contribution in [2.75, 3.05) is 19.6 Å². The van der Waals surface area contributed by atoms with Gasteiger partial charge in [-0.1, -0.05) is 32.9 Å². The van der Waals surface area contributed by atoms with Crippen LogP contribution in [-0.2, 0) is 22.6 Å². The predicted octanol–water partition coefficient (Wildman–Crippen LogP) is 3.14. The molecule has 0 radical (unpaired) electrons. The first-order chi connectivity index (χ1) is 13.1. The van der Waals surface area contributed by atoms with E-state index in [9.17, 15) is 9.59 Å². The van der Waals surface area contributed by atoms with E-state index < -0.39 is 0 Å². The Bertz CT molecular complexity index is 748. The molecule has 0 saturated heterocycles. The van der Waals surface area contributed by atoms with Crippen molar-refractivity contribution >= 4 is 22.8 Å². The first kappa shape index (κ1) is 20.9. The standard InChI is InChI=1S/C21H32N4O2/c1-4-9-20(26)22-13-12-19-23-17-10-7-8-11-18(17)25(19)16-21(27)24(14-5-2)15-6-3/h7-8,10-11H,4-6,9,12-16H2,1-3H3,(H,22,26). The van der Waals surface area contributed by atoms with Gasteiger partial charge in [0.25, 0.3) is 0 Å². The summed E-state index contributed by atoms with van der Waals surface area (Å²) >= 11 is 0. The van der Waals surface area contributed by atoms with Gasteiger partial charge < -0.3 is 14.8 Å². The Kier molecular flexibility index (Phi) is 8.30. The van der Waals surface area contributed by atoms with Crippen LogP contribution in [0.15, 0.2) is 24.3 Å². The third-order valence-corrected chi connectivity index (χ3v) is 4.51. The summed E-state index contributed by atoms with van der Waals surface area (Å²) in [6, 6.07) is 7.88. The number of para-hydroxylation sites is 2. The van der Waals surface area contributed by atoms with Crippen LogP contribution in [0.2, 0.25) is 0 Å². The van der Waals surface area contributed by atoms with Gasteiger partial charge in [0.2, 0.25) is 11.8 Å². The van der Waals surface area contributed by atoms with Crippen molar-refractivity contribution in [1.82, 2.24) is 19.8 Å². The SMILES string of the molecule is CCCC(=O)NCCc1nc2ccccc2n1CC(=O)N(CCC)CCC. The second-order valence-electron chi connectivity index (χ2n) is 6.83. The van der Waals surface area contributed by atoms with Gasteiger partial charge in [-0.25, -0.2) is 4.98 Å². The lowest BCUT2D eigenvalue weighted by atomic mass is 10.3. The first-order valence-electron chi connectivity index (χ1n) is 10.1. The van der Waals surface area contributed by atoms with Crippen LogP contribution in [0.1, 0.15) is 52.3 Å². The average Bonchev–Trinajstić information content (AvgIpc) is 2.99. The summed E-state index contributed by atoms with van der Waals surface area (Å²) < 4.78 is 2.00. The molecule has 2 amide bonds. The number of hydrogen-bond acceptors (Lipinski definition) is 3. The van der Waals surface area contributed by atoms with E-state index in [1.165, 1.54) is 0 Å². The summed E-state index contributed by atoms with van der Waals surface area (Å²) in [6.07, 6.45) is 3.89. The van der Waals surface area contributed by atoms with E-state index >= 15 is 0 Å². The van der Waals surface area contributed by atoms with E-state index in [1.54, 1.807) is 0 Å². The maximum atomic E-state index is 12.9. The molecule has 0 spiro atoms. The fourth-order valence-electron chi connectivity index (χ4n) is 3.26. The number of rotatable bonds is 11. The Balaban J connectivity index is 2.17. The molecule has 1 heterocycles. The van der Waals surface area contributed by atoms with Gasteiger partial charge >= 0.3 is 0 Å². The van der Waals surface area contributed by atoms with E-state index in [-0.39, 0.29) is 11.8 Å². The highest BCUT2D eigenvalue weighted by Crippen LogP contribution is 2.17. The molecular formula is C21H32N4O2. The molecule has 6 nitrogen and oxygen atoms in total. The Hall–Kier alpha value is -2.37. The summed E-state index contributed by atoms with van der Waals surface area (Å²) in [4.78, 5) is 31.2. The van der Waals surface area contributed by atoms with Crippen LogP contribution in [-0.4, -0.2) is 45.9 Å². The fraction of sp³-hybridized carbons (Fsp3) is 0.571. The van der Waals surface area contributed by atoms with Gasteiger partial charge in [0.1, 0.15) is 12.4 Å². The Morgan fingerprint density at radius 3 is 2.44 bits per heavy atom. The summed E-state index contributed by atoms with van der Waals surface area (Å²) in [6.45, 7) is 8.55. The number of hydrogen-bond donors (Lipinski definition) is 1. The van der Waals surface area contributed by atoms with Crippen molar-refractivity contribution in [1.29, 1.82) is 0 Å². The molecule has 0 saturated carbocycles. The molecule has 0 aliphatic carbocycles. The van der Waals surface area contributed by atoms with E-state index in [4.69, 9.17) is 4.98 Å². The molecule has 2 rings (SSSR count). The maximum absolute atomic E-state index is 12.9. The predicted molar refractivity (Wildman–Crippen MR) is 109 cm³/mol. The van der Waals surface area contributed by atoms with Crippen LogP contribution < -0.4 is 5.32 Å². The van der Waals surface area contributed by atoms with Crippen LogP contribution in [0.25, 0.3) is 11.0 Å². The van der Waals surface area contributed by atoms with Crippen LogP contribution in [0.5, 0.6) is 0 Å². The van der Waals surface area contributed by atoms with Gasteiger partial charge in [-0.15, -0.1) is 0 Å². The number of carbonyl (C=O) groups excluding carboxylic acids is 2. The summed E-state index contributed by atoms with van der Waals surface area (Å²) in [7, 11) is 0. The van der Waals surface area contributed by atoms with Crippen molar-refractivity contribution in [3.63, 3.8) is 0 Å². The number of nitrogens with one attached hydrogen (secondary N) is 1. The van der Waals surface area contributed by atoms with Gasteiger partial charge in [0, 0.05) is 32.5 Å². The highest BCUT2D eigenvalue weighted by Gasteiger charge is 2.17. The third-order valence-electron chi connectivity index (χ3n) is 4.51. The molecule has 148 valence electrons. The molecular weight excluding hydrogens is 340 g/mol. The van der Waals surface area contributed by atoms with Gasteiger partial charge in [-0.3, -0.25) is 9.59 Å². The molecule has 0 bridgehead atoms. The second kappa shape index (κ2) is 10.7. The first-order valence-corrected chi connectivity index (χ1v) is 10.1. The fourth-order valence-corrected chi connectivity index (χ4v) is 3.26. The zero-order valence-corrected chi connectivity index (χ0v) is 16.8. The van der Waals surface area contributed by atoms with E-state index in [1.807, 2.05) is 40.7 Å². The zero-order chi connectivity index (χ0) is 19.6. The van der Waals surface area contributed by atoms with E-state index in [2.05, 4.69) is 19.2 Å². The lowest BCUT2D eigenvalue weighted by molar-refractivity contribution is -0.132. The Morgan fingerprint density at radius 2 is 1.78 bits per heavy atom. The molecule has 27 heavy (non-hydrogen) atoms. The number of fused-ring (bicyclic) bond motifs is 1. The molecule has 6 heteroatoms. The average molecular weight is 373 g/mol. The normalized spacial score (nSPS) is 10.9. The van der Waals surface area contributed by atoms with Crippen molar-refractivity contribution in [2.45, 2.75) is 59.4 Å². The topological polar surface area (TPSA) is 67.2 Å². The van der Waals surface area contributed by atoms with Crippen molar-refractivity contribution in [2.24, 2.45) is 0 Å². The van der Waals surface area contributed by atoms with Crippen molar-refractivity contribution in [3.05, 3.63) is 30.1 Å². The second-order valence-corrected chi connectivity index (χ2v) is 6.83. The van der Waals surface area contributed by atoms with E-state index in [0.717, 1.165) is 49.2 Å². The quantitative estimate of drug-likeness (QED) is 0.659. The smallest absolute Gasteiger partial charge is 0.242 e. The molecule has 0 aliphatic rings. The molecule has 1 aromatic carbocycles. The van der Waals surface area contributed by atoms with E-state index in [0.29, 0.717) is 25.9 Å². The van der Waals surface area contributed by atoms with Gasteiger partial charge in [0.15, 0.2) is 0 Å². The molecule has 2 aromatic rings. The zero-order valence-electron chi connectivity index (χ0n) is 16.8.